The van der Waals surface area contributed by atoms with Gasteiger partial charge in [0, 0.05) is 20.1 Å². The zero-order valence-corrected chi connectivity index (χ0v) is 9.27. The topological polar surface area (TPSA) is 23.1 Å². The average molecular weight is 331 g/mol. The second-order valence-corrected chi connectivity index (χ2v) is 2.10. The van der Waals surface area contributed by atoms with Gasteiger partial charge in [-0.05, 0) is 25.7 Å². The molecule has 0 aromatic rings. The first-order valence-electron chi connectivity index (χ1n) is 3.71. The van der Waals surface area contributed by atoms with E-state index in [9.17, 15) is 0 Å². The zero-order valence-electron chi connectivity index (χ0n) is 6.88. The van der Waals surface area contributed by atoms with Crippen molar-refractivity contribution in [2.45, 2.75) is 25.7 Å². The van der Waals surface area contributed by atoms with Crippen LogP contribution in [0.4, 0.5) is 0 Å². The van der Waals surface area contributed by atoms with E-state index in [-0.39, 0.29) is 20.1 Å². The molecule has 0 N–H and O–H groups in total. The van der Waals surface area contributed by atoms with Crippen LogP contribution in [0.25, 0.3) is 0 Å². The molecule has 0 unspecified atom stereocenters. The van der Waals surface area contributed by atoms with E-state index in [1.54, 1.807) is 0 Å². The van der Waals surface area contributed by atoms with Crippen LogP contribution in [0.15, 0.2) is 24.3 Å². The molecular formula is C9H15IrO-. The van der Waals surface area contributed by atoms with Gasteiger partial charge in [0.1, 0.15) is 0 Å². The normalized spacial score (nSPS) is 15.1. The monoisotopic (exact) mass is 332 g/mol. The Bertz CT molecular complexity index is 82.1. The molecule has 1 nitrogen and oxygen atoms in total. The minimum absolute atomic E-state index is 0. The predicted molar refractivity (Wildman–Crippen MR) is 42.7 cm³/mol. The van der Waals surface area contributed by atoms with E-state index in [1.165, 1.54) is 25.7 Å². The molecule has 0 aromatic carbocycles. The molecule has 0 aromatic heterocycles. The summed E-state index contributed by atoms with van der Waals surface area (Å²) in [5.41, 5.74) is 0. The molecule has 67 valence electrons. The Kier molecular flexibility index (Phi) is 15.8. The predicted octanol–water partition coefficient (Wildman–Crippen LogP) is 1.65. The van der Waals surface area contributed by atoms with Gasteiger partial charge in [-0.25, -0.2) is 0 Å². The minimum Gasteiger partial charge on any atom is -0.857 e. The molecule has 0 atom stereocenters. The molecule has 11 heavy (non-hydrogen) atoms. The molecular weight excluding hydrogens is 316 g/mol. The van der Waals surface area contributed by atoms with Crippen LogP contribution in [0.5, 0.6) is 0 Å². The molecule has 0 saturated carbocycles. The van der Waals surface area contributed by atoms with Crippen LogP contribution in [0.1, 0.15) is 25.7 Å². The number of hydrogen-bond acceptors (Lipinski definition) is 1. The summed E-state index contributed by atoms with van der Waals surface area (Å²) in [4.78, 5) is 0. The minimum atomic E-state index is 0. The molecule has 0 fully saturated rings. The second-order valence-electron chi connectivity index (χ2n) is 2.10. The van der Waals surface area contributed by atoms with Crippen LogP contribution in [0, 0.1) is 0 Å². The van der Waals surface area contributed by atoms with Crippen molar-refractivity contribution in [3.63, 3.8) is 0 Å². The summed E-state index contributed by atoms with van der Waals surface area (Å²) >= 11 is 0. The number of allylic oxidation sites excluding steroid dienone is 4. The molecule has 2 heteroatoms. The Morgan fingerprint density at radius 2 is 0.909 bits per heavy atom. The Labute approximate surface area is 82.6 Å². The molecule has 0 amide bonds. The Morgan fingerprint density at radius 1 is 0.727 bits per heavy atom. The molecule has 0 aliphatic heterocycles. The van der Waals surface area contributed by atoms with Crippen LogP contribution >= 0.6 is 0 Å². The quantitative estimate of drug-likeness (QED) is 0.619. The van der Waals surface area contributed by atoms with Crippen molar-refractivity contribution in [2.24, 2.45) is 0 Å². The Balaban J connectivity index is 0. The van der Waals surface area contributed by atoms with Crippen molar-refractivity contribution >= 4 is 0 Å². The van der Waals surface area contributed by atoms with Gasteiger partial charge in [-0.2, -0.15) is 7.11 Å². The fraction of sp³-hybridized carbons (Fsp3) is 0.556. The molecule has 1 radical (unpaired) electrons. The summed E-state index contributed by atoms with van der Waals surface area (Å²) in [6, 6.07) is 0. The van der Waals surface area contributed by atoms with Gasteiger partial charge >= 0.3 is 0 Å². The van der Waals surface area contributed by atoms with E-state index in [0.29, 0.717) is 0 Å². The SMILES string of the molecule is C1=CCCC=CCC1.C[O-].[Ir]. The third kappa shape index (κ3) is 10.1. The first kappa shape index (κ1) is 13.7. The van der Waals surface area contributed by atoms with Crippen molar-refractivity contribution in [3.05, 3.63) is 24.3 Å². The fourth-order valence-corrected chi connectivity index (χ4v) is 0.856. The van der Waals surface area contributed by atoms with Gasteiger partial charge in [0.2, 0.25) is 0 Å². The van der Waals surface area contributed by atoms with E-state index >= 15 is 0 Å². The van der Waals surface area contributed by atoms with Crippen molar-refractivity contribution in [2.75, 3.05) is 7.11 Å². The smallest absolute Gasteiger partial charge is 0 e. The van der Waals surface area contributed by atoms with E-state index in [4.69, 9.17) is 5.11 Å². The molecule has 1 rings (SSSR count). The van der Waals surface area contributed by atoms with E-state index in [2.05, 4.69) is 24.3 Å². The summed E-state index contributed by atoms with van der Waals surface area (Å²) in [6.07, 6.45) is 14.0. The number of hydrogen-bond donors (Lipinski definition) is 0. The van der Waals surface area contributed by atoms with Gasteiger partial charge in [-0.3, -0.25) is 0 Å². The molecule has 1 aliphatic carbocycles. The van der Waals surface area contributed by atoms with Crippen LogP contribution < -0.4 is 5.11 Å². The van der Waals surface area contributed by atoms with Crippen molar-refractivity contribution in [1.82, 2.24) is 0 Å². The van der Waals surface area contributed by atoms with Crippen molar-refractivity contribution in [3.8, 4) is 0 Å². The van der Waals surface area contributed by atoms with Crippen LogP contribution in [-0.2, 0) is 20.1 Å². The van der Waals surface area contributed by atoms with Gasteiger partial charge in [-0.1, -0.05) is 24.3 Å². The van der Waals surface area contributed by atoms with E-state index in [1.807, 2.05) is 0 Å². The van der Waals surface area contributed by atoms with Gasteiger partial charge in [0.15, 0.2) is 0 Å². The van der Waals surface area contributed by atoms with Gasteiger partial charge in [0.25, 0.3) is 0 Å². The summed E-state index contributed by atoms with van der Waals surface area (Å²) in [6.45, 7) is 0. The van der Waals surface area contributed by atoms with Crippen LogP contribution in [0.2, 0.25) is 0 Å². The first-order valence-corrected chi connectivity index (χ1v) is 3.71. The summed E-state index contributed by atoms with van der Waals surface area (Å²) in [5, 5.41) is 8.25. The molecule has 0 spiro atoms. The second kappa shape index (κ2) is 12.7. The summed E-state index contributed by atoms with van der Waals surface area (Å²) in [7, 11) is 0.750. The van der Waals surface area contributed by atoms with Gasteiger partial charge < -0.3 is 5.11 Å². The van der Waals surface area contributed by atoms with Crippen LogP contribution in [0.3, 0.4) is 0 Å². The van der Waals surface area contributed by atoms with E-state index in [0.717, 1.165) is 7.11 Å². The Morgan fingerprint density at radius 3 is 1.09 bits per heavy atom. The Hall–Kier alpha value is 0.0894. The van der Waals surface area contributed by atoms with Crippen molar-refractivity contribution < 1.29 is 25.2 Å². The standard InChI is InChI=1S/C8H12.CH3O.Ir/c1-2-4-6-8-7-5-3-1;1-2;/h1-2,7-8H,3-6H2;1H3;/q;-1;. The largest absolute Gasteiger partial charge is 0.857 e. The maximum absolute atomic E-state index is 8.25. The third-order valence-electron chi connectivity index (χ3n) is 1.33. The summed E-state index contributed by atoms with van der Waals surface area (Å²) in [5.74, 6) is 0. The van der Waals surface area contributed by atoms with E-state index < -0.39 is 0 Å². The third-order valence-corrected chi connectivity index (χ3v) is 1.33. The average Bonchev–Trinajstić information content (AvgIpc) is 1.90. The maximum Gasteiger partial charge on any atom is 0 e. The number of rotatable bonds is 0. The van der Waals surface area contributed by atoms with Gasteiger partial charge in [-0.15, -0.1) is 0 Å². The molecule has 0 heterocycles. The molecule has 0 saturated heterocycles. The zero-order chi connectivity index (χ0) is 7.66. The summed E-state index contributed by atoms with van der Waals surface area (Å²) < 4.78 is 0. The van der Waals surface area contributed by atoms with Crippen LogP contribution in [-0.4, -0.2) is 7.11 Å². The van der Waals surface area contributed by atoms with Crippen molar-refractivity contribution in [1.29, 1.82) is 0 Å². The maximum atomic E-state index is 8.25. The molecule has 1 aliphatic rings. The molecule has 0 bridgehead atoms. The van der Waals surface area contributed by atoms with Gasteiger partial charge in [0.05, 0.1) is 0 Å². The fourth-order valence-electron chi connectivity index (χ4n) is 0.856. The first-order chi connectivity index (χ1) is 5.00.